The van der Waals surface area contributed by atoms with E-state index in [-0.39, 0.29) is 23.7 Å². The molecule has 0 radical (unpaired) electrons. The van der Waals surface area contributed by atoms with Crippen LogP contribution in [0.2, 0.25) is 0 Å². The third-order valence-electron chi connectivity index (χ3n) is 3.91. The highest BCUT2D eigenvalue weighted by Crippen LogP contribution is 2.51. The first-order valence-electron chi connectivity index (χ1n) is 5.44. The van der Waals surface area contributed by atoms with E-state index in [0.29, 0.717) is 10.5 Å². The first kappa shape index (κ1) is 10.6. The molecule has 1 saturated carbocycles. The number of alkyl halides is 1. The Morgan fingerprint density at radius 2 is 1.75 bits per heavy atom. The van der Waals surface area contributed by atoms with E-state index in [1.54, 1.807) is 0 Å². The van der Waals surface area contributed by atoms with E-state index in [0.717, 1.165) is 30.0 Å². The molecule has 4 nitrogen and oxygen atoms in total. The van der Waals surface area contributed by atoms with Crippen LogP contribution in [-0.4, -0.2) is 24.6 Å². The molecule has 4 rings (SSSR count). The molecular weight excluding hydrogens is 250 g/mol. The smallest absolute Gasteiger partial charge is 0.266 e. The van der Waals surface area contributed by atoms with Gasteiger partial charge in [0, 0.05) is 5.57 Å². The number of hydrogen-bond acceptors (Lipinski definition) is 3. The minimum atomic E-state index is -3.59. The molecule has 0 unspecified atom stereocenters. The summed E-state index contributed by atoms with van der Waals surface area (Å²) in [5.41, 5.74) is 0.545. The summed E-state index contributed by atoms with van der Waals surface area (Å²) in [5.74, 6) is -0.169. The van der Waals surface area contributed by atoms with Crippen molar-refractivity contribution in [2.45, 2.75) is 25.7 Å². The fourth-order valence-corrected chi connectivity index (χ4v) is 5.54. The summed E-state index contributed by atoms with van der Waals surface area (Å²) < 4.78 is 25.1. The fourth-order valence-electron chi connectivity index (χ4n) is 3.18. The van der Waals surface area contributed by atoms with Gasteiger partial charge in [-0.3, -0.25) is 4.79 Å². The Kier molecular flexibility index (Phi) is 2.14. The first-order valence-corrected chi connectivity index (χ1v) is 7.42. The van der Waals surface area contributed by atoms with Crippen molar-refractivity contribution in [3.63, 3.8) is 0 Å². The molecule has 0 saturated heterocycles. The van der Waals surface area contributed by atoms with Crippen LogP contribution in [0.5, 0.6) is 0 Å². The predicted octanol–water partition coefficient (Wildman–Crippen LogP) is 1.43. The lowest BCUT2D eigenvalue weighted by molar-refractivity contribution is -0.122. The van der Waals surface area contributed by atoms with Gasteiger partial charge in [-0.2, -0.15) is 0 Å². The van der Waals surface area contributed by atoms with Gasteiger partial charge in [0.05, 0.1) is 4.91 Å². The van der Waals surface area contributed by atoms with E-state index in [9.17, 15) is 13.2 Å². The number of allylic oxidation sites excluding steroid dienone is 1. The molecule has 3 aliphatic carbocycles. The Labute approximate surface area is 99.3 Å². The molecular formula is C10H12ClNO3S. The highest BCUT2D eigenvalue weighted by molar-refractivity contribution is 7.94. The van der Waals surface area contributed by atoms with Crippen molar-refractivity contribution in [3.05, 3.63) is 10.5 Å². The fraction of sp³-hybridized carbons (Fsp3) is 0.700. The summed E-state index contributed by atoms with van der Waals surface area (Å²) in [6, 6.07) is -0.270. The molecule has 0 aromatic heterocycles. The normalized spacial score (nSPS) is 35.8. The van der Waals surface area contributed by atoms with E-state index >= 15 is 0 Å². The van der Waals surface area contributed by atoms with E-state index in [1.165, 1.54) is 0 Å². The molecule has 1 aliphatic heterocycles. The molecule has 2 bridgehead atoms. The highest BCUT2D eigenvalue weighted by Gasteiger charge is 2.52. The van der Waals surface area contributed by atoms with Gasteiger partial charge in [-0.25, -0.2) is 12.7 Å². The van der Waals surface area contributed by atoms with Crippen LogP contribution in [0, 0.1) is 11.8 Å². The number of carbonyl (C=O) groups is 1. The van der Waals surface area contributed by atoms with E-state index in [2.05, 4.69) is 0 Å². The Morgan fingerprint density at radius 3 is 2.25 bits per heavy atom. The molecule has 6 heteroatoms. The average molecular weight is 262 g/mol. The molecule has 16 heavy (non-hydrogen) atoms. The topological polar surface area (TPSA) is 54.5 Å². The zero-order valence-corrected chi connectivity index (χ0v) is 10.2. The summed E-state index contributed by atoms with van der Waals surface area (Å²) in [5, 5.41) is 0. The number of hydrogen-bond donors (Lipinski definition) is 0. The van der Waals surface area contributed by atoms with Crippen molar-refractivity contribution in [2.75, 3.05) is 6.00 Å². The van der Waals surface area contributed by atoms with Crippen LogP contribution in [0.4, 0.5) is 0 Å². The molecule has 0 atom stereocenters. The van der Waals surface area contributed by atoms with Crippen molar-refractivity contribution in [2.24, 2.45) is 11.8 Å². The Balaban J connectivity index is 2.21. The molecule has 0 aromatic rings. The average Bonchev–Trinajstić information content (AvgIpc) is 2.50. The van der Waals surface area contributed by atoms with Gasteiger partial charge >= 0.3 is 0 Å². The number of nitrogens with zero attached hydrogens (tertiary/aromatic N) is 1. The highest BCUT2D eigenvalue weighted by atomic mass is 35.5. The van der Waals surface area contributed by atoms with Crippen LogP contribution in [0.1, 0.15) is 25.7 Å². The van der Waals surface area contributed by atoms with Gasteiger partial charge < -0.3 is 0 Å². The van der Waals surface area contributed by atoms with Crippen LogP contribution in [-0.2, 0) is 14.8 Å². The summed E-state index contributed by atoms with van der Waals surface area (Å²) in [7, 11) is -3.59. The van der Waals surface area contributed by atoms with Crippen LogP contribution in [0.3, 0.4) is 0 Å². The number of rotatable bonds is 1. The number of sulfonamides is 1. The van der Waals surface area contributed by atoms with E-state index < -0.39 is 10.0 Å². The van der Waals surface area contributed by atoms with Gasteiger partial charge in [-0.05, 0) is 37.5 Å². The van der Waals surface area contributed by atoms with Crippen molar-refractivity contribution in [1.29, 1.82) is 0 Å². The number of fused-ring (bicyclic) bond motifs is 2. The zero-order valence-electron chi connectivity index (χ0n) is 8.65. The Morgan fingerprint density at radius 1 is 1.19 bits per heavy atom. The molecule has 88 valence electrons. The molecule has 0 spiro atoms. The summed E-state index contributed by atoms with van der Waals surface area (Å²) >= 11 is 5.57. The predicted molar refractivity (Wildman–Crippen MR) is 59.0 cm³/mol. The maximum Gasteiger partial charge on any atom is 0.266 e. The lowest BCUT2D eigenvalue weighted by atomic mass is 9.71. The minimum Gasteiger partial charge on any atom is -0.268 e. The van der Waals surface area contributed by atoms with Crippen molar-refractivity contribution in [1.82, 2.24) is 4.31 Å². The molecule has 0 N–H and O–H groups in total. The largest absolute Gasteiger partial charge is 0.268 e. The van der Waals surface area contributed by atoms with Gasteiger partial charge in [-0.1, -0.05) is 0 Å². The Hall–Kier alpha value is -0.550. The van der Waals surface area contributed by atoms with Crippen molar-refractivity contribution in [3.8, 4) is 0 Å². The third-order valence-corrected chi connectivity index (χ3v) is 6.27. The Bertz CT molecular complexity index is 488. The number of amides is 1. The van der Waals surface area contributed by atoms with Gasteiger partial charge in [0.2, 0.25) is 0 Å². The quantitative estimate of drug-likeness (QED) is 0.530. The van der Waals surface area contributed by atoms with Crippen LogP contribution in [0.25, 0.3) is 0 Å². The number of carbonyl (C=O) groups excluding carboxylic acids is 1. The van der Waals surface area contributed by atoms with Crippen molar-refractivity contribution >= 4 is 27.5 Å². The van der Waals surface area contributed by atoms with Gasteiger partial charge in [0.25, 0.3) is 15.9 Å². The second-order valence-corrected chi connectivity index (χ2v) is 6.67. The van der Waals surface area contributed by atoms with E-state index in [1.807, 2.05) is 0 Å². The maximum absolute atomic E-state index is 12.1. The molecule has 0 aromatic carbocycles. The van der Waals surface area contributed by atoms with Crippen LogP contribution < -0.4 is 0 Å². The summed E-state index contributed by atoms with van der Waals surface area (Å²) in [4.78, 5) is 12.4. The number of halogens is 1. The SMILES string of the molecule is O=C1C2=C(C3CCC2CC3)S(=O)(=O)N1CCl. The lowest BCUT2D eigenvalue weighted by Gasteiger charge is -2.34. The second kappa shape index (κ2) is 3.23. The minimum absolute atomic E-state index is 0.0576. The van der Waals surface area contributed by atoms with Gasteiger partial charge in [-0.15, -0.1) is 11.6 Å². The zero-order chi connectivity index (χ0) is 11.5. The third kappa shape index (κ3) is 1.10. The molecule has 1 heterocycles. The van der Waals surface area contributed by atoms with Gasteiger partial charge in [0.1, 0.15) is 6.00 Å². The molecule has 1 fully saturated rings. The standard InChI is InChI=1S/C10H12ClNO3S/c11-5-12-10(13)8-6-1-3-7(4-2-6)9(8)16(12,14)15/h6-7H,1-5H2. The second-order valence-electron chi connectivity index (χ2n) is 4.60. The lowest BCUT2D eigenvalue weighted by Crippen LogP contribution is -2.30. The molecule has 1 amide bonds. The van der Waals surface area contributed by atoms with Crippen molar-refractivity contribution < 1.29 is 13.2 Å². The maximum atomic E-state index is 12.1. The van der Waals surface area contributed by atoms with E-state index in [4.69, 9.17) is 11.6 Å². The summed E-state index contributed by atoms with van der Waals surface area (Å²) in [6.07, 6.45) is 3.68. The summed E-state index contributed by atoms with van der Waals surface area (Å²) in [6.45, 7) is 0. The molecule has 4 aliphatic rings. The van der Waals surface area contributed by atoms with Gasteiger partial charge in [0.15, 0.2) is 0 Å². The first-order chi connectivity index (χ1) is 7.57. The van der Waals surface area contributed by atoms with Crippen LogP contribution in [0.15, 0.2) is 10.5 Å². The van der Waals surface area contributed by atoms with Crippen LogP contribution >= 0.6 is 11.6 Å². The monoisotopic (exact) mass is 261 g/mol.